The first-order valence-electron chi connectivity index (χ1n) is 8.85. The fourth-order valence-electron chi connectivity index (χ4n) is 3.26. The van der Waals surface area contributed by atoms with Crippen LogP contribution in [-0.4, -0.2) is 23.9 Å². The van der Waals surface area contributed by atoms with Gasteiger partial charge in [0, 0.05) is 22.1 Å². The molecule has 28 heavy (non-hydrogen) atoms. The van der Waals surface area contributed by atoms with Gasteiger partial charge in [0.15, 0.2) is 0 Å². The molecule has 0 aliphatic heterocycles. The number of nitrogens with one attached hydrogen (secondary N) is 2. The minimum atomic E-state index is -0.220. The van der Waals surface area contributed by atoms with Gasteiger partial charge in [-0.3, -0.25) is 9.59 Å². The first-order chi connectivity index (χ1) is 13.3. The van der Waals surface area contributed by atoms with E-state index in [0.717, 1.165) is 25.7 Å². The number of hydrogen-bond acceptors (Lipinski definition) is 2. The summed E-state index contributed by atoms with van der Waals surface area (Å²) in [7, 11) is 0. The van der Waals surface area contributed by atoms with Crippen molar-refractivity contribution in [1.82, 2.24) is 10.6 Å². The van der Waals surface area contributed by atoms with Crippen LogP contribution in [0.5, 0.6) is 0 Å². The third kappa shape index (κ3) is 5.32. The molecule has 0 unspecified atom stereocenters. The standard InChI is InChI=1S/C20H18Cl4N2O2/c21-11-1-7-15(17(23)9-11)19(27)25-13-3-5-14(6-4-13)26-20(28)16-8-2-12(22)10-18(16)24/h1-2,7-10,13-14H,3-6H2,(H,25,27)(H,26,28). The lowest BCUT2D eigenvalue weighted by Gasteiger charge is -2.30. The monoisotopic (exact) mass is 458 g/mol. The second-order valence-corrected chi connectivity index (χ2v) is 8.43. The van der Waals surface area contributed by atoms with E-state index in [4.69, 9.17) is 46.4 Å². The van der Waals surface area contributed by atoms with E-state index < -0.39 is 0 Å². The SMILES string of the molecule is O=C(NC1CCC(NC(=O)c2ccc(Cl)cc2Cl)CC1)c1ccc(Cl)cc1Cl. The molecule has 0 aromatic heterocycles. The number of amides is 2. The summed E-state index contributed by atoms with van der Waals surface area (Å²) >= 11 is 23.9. The van der Waals surface area contributed by atoms with Crippen LogP contribution in [0.15, 0.2) is 36.4 Å². The van der Waals surface area contributed by atoms with Crippen molar-refractivity contribution in [2.45, 2.75) is 37.8 Å². The van der Waals surface area contributed by atoms with E-state index in [1.165, 1.54) is 0 Å². The van der Waals surface area contributed by atoms with Gasteiger partial charge in [-0.05, 0) is 62.1 Å². The number of rotatable bonds is 4. The van der Waals surface area contributed by atoms with Crippen molar-refractivity contribution in [1.29, 1.82) is 0 Å². The van der Waals surface area contributed by atoms with Crippen LogP contribution in [0, 0.1) is 0 Å². The Bertz CT molecular complexity index is 822. The van der Waals surface area contributed by atoms with Crippen LogP contribution in [-0.2, 0) is 0 Å². The molecule has 0 heterocycles. The summed E-state index contributed by atoms with van der Waals surface area (Å²) in [4.78, 5) is 24.8. The summed E-state index contributed by atoms with van der Waals surface area (Å²) < 4.78 is 0. The van der Waals surface area contributed by atoms with Crippen LogP contribution in [0.25, 0.3) is 0 Å². The topological polar surface area (TPSA) is 58.2 Å². The minimum Gasteiger partial charge on any atom is -0.349 e. The van der Waals surface area contributed by atoms with Gasteiger partial charge >= 0.3 is 0 Å². The maximum atomic E-state index is 12.4. The van der Waals surface area contributed by atoms with E-state index in [2.05, 4.69) is 10.6 Å². The molecule has 4 nitrogen and oxygen atoms in total. The zero-order valence-corrected chi connectivity index (χ0v) is 17.8. The van der Waals surface area contributed by atoms with Crippen molar-refractivity contribution in [2.75, 3.05) is 0 Å². The average molecular weight is 460 g/mol. The Kier molecular flexibility index (Phi) is 7.10. The normalized spacial score (nSPS) is 19.1. The van der Waals surface area contributed by atoms with Crippen molar-refractivity contribution in [3.8, 4) is 0 Å². The van der Waals surface area contributed by atoms with Gasteiger partial charge in [-0.2, -0.15) is 0 Å². The number of benzene rings is 2. The molecule has 2 amide bonds. The minimum absolute atomic E-state index is 0.0338. The van der Waals surface area contributed by atoms with Crippen molar-refractivity contribution in [2.24, 2.45) is 0 Å². The summed E-state index contributed by atoms with van der Waals surface area (Å²) in [5.74, 6) is -0.441. The third-order valence-corrected chi connectivity index (χ3v) is 5.84. The summed E-state index contributed by atoms with van der Waals surface area (Å²) in [6, 6.07) is 9.66. The Hall–Kier alpha value is -1.46. The molecule has 2 aromatic rings. The molecular formula is C20H18Cl4N2O2. The van der Waals surface area contributed by atoms with E-state index in [-0.39, 0.29) is 23.9 Å². The second-order valence-electron chi connectivity index (χ2n) is 6.74. The van der Waals surface area contributed by atoms with Crippen LogP contribution >= 0.6 is 46.4 Å². The van der Waals surface area contributed by atoms with E-state index in [0.29, 0.717) is 31.2 Å². The molecule has 0 saturated heterocycles. The highest BCUT2D eigenvalue weighted by Crippen LogP contribution is 2.24. The smallest absolute Gasteiger partial charge is 0.253 e. The lowest BCUT2D eigenvalue weighted by molar-refractivity contribution is 0.0892. The van der Waals surface area contributed by atoms with E-state index in [1.54, 1.807) is 36.4 Å². The van der Waals surface area contributed by atoms with Gasteiger partial charge in [-0.25, -0.2) is 0 Å². The first kappa shape index (κ1) is 21.3. The quantitative estimate of drug-likeness (QED) is 0.609. The zero-order chi connectivity index (χ0) is 20.3. The summed E-state index contributed by atoms with van der Waals surface area (Å²) in [6.07, 6.45) is 3.04. The van der Waals surface area contributed by atoms with Crippen LogP contribution in [0.1, 0.15) is 46.4 Å². The van der Waals surface area contributed by atoms with Crippen LogP contribution in [0.3, 0.4) is 0 Å². The molecule has 0 radical (unpaired) electrons. The number of carbonyl (C=O) groups is 2. The summed E-state index contributed by atoms with van der Waals surface area (Å²) in [6.45, 7) is 0. The van der Waals surface area contributed by atoms with Crippen molar-refractivity contribution in [3.63, 3.8) is 0 Å². The Morgan fingerprint density at radius 2 is 1.04 bits per heavy atom. The molecule has 1 aliphatic carbocycles. The van der Waals surface area contributed by atoms with E-state index >= 15 is 0 Å². The highest BCUT2D eigenvalue weighted by molar-refractivity contribution is 6.37. The maximum Gasteiger partial charge on any atom is 0.253 e. The molecule has 0 spiro atoms. The Balaban J connectivity index is 1.51. The molecule has 148 valence electrons. The Labute approximate surface area is 183 Å². The Morgan fingerprint density at radius 1 is 0.679 bits per heavy atom. The highest BCUT2D eigenvalue weighted by Gasteiger charge is 2.25. The predicted molar refractivity (Wildman–Crippen MR) is 114 cm³/mol. The summed E-state index contributed by atoms with van der Waals surface area (Å²) in [5.41, 5.74) is 0.803. The molecule has 2 N–H and O–H groups in total. The van der Waals surface area contributed by atoms with Gasteiger partial charge in [0.25, 0.3) is 11.8 Å². The van der Waals surface area contributed by atoms with Gasteiger partial charge in [0.2, 0.25) is 0 Å². The molecule has 1 fully saturated rings. The first-order valence-corrected chi connectivity index (χ1v) is 10.4. The maximum absolute atomic E-state index is 12.4. The van der Waals surface area contributed by atoms with Crippen LogP contribution in [0.2, 0.25) is 20.1 Å². The second kappa shape index (κ2) is 9.36. The fourth-order valence-corrected chi connectivity index (χ4v) is 4.24. The highest BCUT2D eigenvalue weighted by atomic mass is 35.5. The largest absolute Gasteiger partial charge is 0.349 e. The lowest BCUT2D eigenvalue weighted by Crippen LogP contribution is -2.43. The van der Waals surface area contributed by atoms with E-state index in [1.807, 2.05) is 0 Å². The van der Waals surface area contributed by atoms with Crippen LogP contribution < -0.4 is 10.6 Å². The van der Waals surface area contributed by atoms with Gasteiger partial charge in [0.05, 0.1) is 21.2 Å². The fraction of sp³-hybridized carbons (Fsp3) is 0.300. The molecule has 0 atom stereocenters. The molecule has 1 saturated carbocycles. The van der Waals surface area contributed by atoms with Gasteiger partial charge in [0.1, 0.15) is 0 Å². The predicted octanol–water partition coefficient (Wildman–Crippen LogP) is 5.77. The van der Waals surface area contributed by atoms with Gasteiger partial charge < -0.3 is 10.6 Å². The molecule has 0 bridgehead atoms. The molecule has 2 aromatic carbocycles. The van der Waals surface area contributed by atoms with E-state index in [9.17, 15) is 9.59 Å². The number of halogens is 4. The molecule has 8 heteroatoms. The summed E-state index contributed by atoms with van der Waals surface area (Å²) in [5, 5.41) is 7.62. The van der Waals surface area contributed by atoms with Gasteiger partial charge in [-0.1, -0.05) is 46.4 Å². The average Bonchev–Trinajstić information content (AvgIpc) is 2.63. The van der Waals surface area contributed by atoms with Crippen molar-refractivity contribution < 1.29 is 9.59 Å². The molecular weight excluding hydrogens is 442 g/mol. The molecule has 1 aliphatic rings. The molecule has 3 rings (SSSR count). The van der Waals surface area contributed by atoms with Crippen molar-refractivity contribution >= 4 is 58.2 Å². The van der Waals surface area contributed by atoms with Crippen molar-refractivity contribution in [3.05, 3.63) is 67.6 Å². The Morgan fingerprint density at radius 3 is 1.36 bits per heavy atom. The zero-order valence-electron chi connectivity index (χ0n) is 14.8. The third-order valence-electron chi connectivity index (χ3n) is 4.75. The lowest BCUT2D eigenvalue weighted by atomic mass is 9.90. The number of hydrogen-bond donors (Lipinski definition) is 2. The number of carbonyl (C=O) groups excluding carboxylic acids is 2. The van der Waals surface area contributed by atoms with Gasteiger partial charge in [-0.15, -0.1) is 0 Å². The van der Waals surface area contributed by atoms with Crippen LogP contribution in [0.4, 0.5) is 0 Å².